The number of nitrogens with zero attached hydrogens (tertiary/aromatic N) is 2. The molecule has 3 aromatic rings. The Balaban J connectivity index is 1.66. The number of anilines is 1. The Bertz CT molecular complexity index is 749. The van der Waals surface area contributed by atoms with Gasteiger partial charge in [-0.3, -0.25) is 4.98 Å². The summed E-state index contributed by atoms with van der Waals surface area (Å²) in [7, 11) is 0. The van der Waals surface area contributed by atoms with E-state index in [0.29, 0.717) is 5.92 Å². The lowest BCUT2D eigenvalue weighted by atomic mass is 9.96. The lowest BCUT2D eigenvalue weighted by Crippen LogP contribution is -2.30. The third-order valence-electron chi connectivity index (χ3n) is 4.12. The summed E-state index contributed by atoms with van der Waals surface area (Å²) in [5, 5.41) is 3.50. The minimum atomic E-state index is 0.484. The summed E-state index contributed by atoms with van der Waals surface area (Å²) in [5.74, 6) is 0.484. The minimum absolute atomic E-state index is 0.484. The zero-order chi connectivity index (χ0) is 14.1. The standard InChI is InChI=1S/C18H17N3/c1-2-6-15(7-3-1)21-13-14(12-20-21)16-10-11-19-18-9-5-4-8-17(16)18/h1-11,14,20H,12-13H2. The molecule has 1 fully saturated rings. The van der Waals surface area contributed by atoms with Crippen LogP contribution in [0.4, 0.5) is 5.69 Å². The second-order valence-corrected chi connectivity index (χ2v) is 5.42. The molecular formula is C18H17N3. The molecule has 104 valence electrons. The third-order valence-corrected chi connectivity index (χ3v) is 4.12. The van der Waals surface area contributed by atoms with Crippen LogP contribution in [0.3, 0.4) is 0 Å². The van der Waals surface area contributed by atoms with Crippen LogP contribution in [0.15, 0.2) is 66.9 Å². The van der Waals surface area contributed by atoms with Gasteiger partial charge >= 0.3 is 0 Å². The molecule has 1 saturated heterocycles. The van der Waals surface area contributed by atoms with Crippen molar-refractivity contribution in [2.45, 2.75) is 5.92 Å². The quantitative estimate of drug-likeness (QED) is 0.777. The molecule has 0 bridgehead atoms. The molecule has 2 heterocycles. The SMILES string of the molecule is c1ccc(N2CC(c3ccnc4ccccc34)CN2)cc1. The number of hydrogen-bond donors (Lipinski definition) is 1. The lowest BCUT2D eigenvalue weighted by molar-refractivity contribution is 0.773. The predicted octanol–water partition coefficient (Wildman–Crippen LogP) is 3.34. The second-order valence-electron chi connectivity index (χ2n) is 5.42. The Hall–Kier alpha value is -2.39. The summed E-state index contributed by atoms with van der Waals surface area (Å²) in [4.78, 5) is 4.46. The van der Waals surface area contributed by atoms with E-state index in [1.165, 1.54) is 16.6 Å². The highest BCUT2D eigenvalue weighted by atomic mass is 15.5. The van der Waals surface area contributed by atoms with E-state index in [-0.39, 0.29) is 0 Å². The van der Waals surface area contributed by atoms with E-state index >= 15 is 0 Å². The van der Waals surface area contributed by atoms with Crippen molar-refractivity contribution in [2.24, 2.45) is 0 Å². The molecule has 1 aromatic heterocycles. The molecule has 4 rings (SSSR count). The average Bonchev–Trinajstić information content (AvgIpc) is 3.05. The molecule has 1 aliphatic rings. The van der Waals surface area contributed by atoms with Gasteiger partial charge in [-0.05, 0) is 29.8 Å². The number of hydrazine groups is 1. The highest BCUT2D eigenvalue weighted by Crippen LogP contribution is 2.29. The molecule has 0 spiro atoms. The average molecular weight is 275 g/mol. The van der Waals surface area contributed by atoms with Crippen LogP contribution in [0.2, 0.25) is 0 Å². The third kappa shape index (κ3) is 2.26. The fraction of sp³-hybridized carbons (Fsp3) is 0.167. The first-order valence-corrected chi connectivity index (χ1v) is 7.31. The molecule has 1 aliphatic heterocycles. The van der Waals surface area contributed by atoms with Crippen LogP contribution in [0.1, 0.15) is 11.5 Å². The number of nitrogens with one attached hydrogen (secondary N) is 1. The van der Waals surface area contributed by atoms with E-state index in [2.05, 4.69) is 63.9 Å². The minimum Gasteiger partial charge on any atom is -0.308 e. The normalized spacial score (nSPS) is 18.3. The van der Waals surface area contributed by atoms with Crippen LogP contribution in [-0.4, -0.2) is 18.1 Å². The Labute approximate surface area is 124 Å². The maximum absolute atomic E-state index is 4.46. The second kappa shape index (κ2) is 5.19. The van der Waals surface area contributed by atoms with Crippen molar-refractivity contribution in [1.82, 2.24) is 10.4 Å². The van der Waals surface area contributed by atoms with E-state index in [9.17, 15) is 0 Å². The summed E-state index contributed by atoms with van der Waals surface area (Å²) < 4.78 is 0. The van der Waals surface area contributed by atoms with Crippen molar-refractivity contribution in [3.63, 3.8) is 0 Å². The van der Waals surface area contributed by atoms with Crippen LogP contribution >= 0.6 is 0 Å². The fourth-order valence-corrected chi connectivity index (χ4v) is 3.06. The van der Waals surface area contributed by atoms with Crippen molar-refractivity contribution in [3.05, 3.63) is 72.4 Å². The van der Waals surface area contributed by atoms with Gasteiger partial charge in [0.05, 0.1) is 11.2 Å². The van der Waals surface area contributed by atoms with Crippen molar-refractivity contribution in [1.29, 1.82) is 0 Å². The predicted molar refractivity (Wildman–Crippen MR) is 86.3 cm³/mol. The highest BCUT2D eigenvalue weighted by molar-refractivity contribution is 5.82. The Morgan fingerprint density at radius 3 is 2.67 bits per heavy atom. The van der Waals surface area contributed by atoms with Crippen LogP contribution in [0.25, 0.3) is 10.9 Å². The smallest absolute Gasteiger partial charge is 0.0704 e. The monoisotopic (exact) mass is 275 g/mol. The maximum Gasteiger partial charge on any atom is 0.0704 e. The van der Waals surface area contributed by atoms with Crippen LogP contribution in [0, 0.1) is 0 Å². The number of hydrogen-bond acceptors (Lipinski definition) is 3. The molecule has 0 amide bonds. The maximum atomic E-state index is 4.46. The van der Waals surface area contributed by atoms with Gasteiger partial charge in [0.2, 0.25) is 0 Å². The molecular weight excluding hydrogens is 258 g/mol. The molecule has 3 nitrogen and oxygen atoms in total. The van der Waals surface area contributed by atoms with E-state index in [1.807, 2.05) is 18.3 Å². The van der Waals surface area contributed by atoms with Gasteiger partial charge in [-0.15, -0.1) is 0 Å². The molecule has 2 aromatic carbocycles. The number of pyridine rings is 1. The Kier molecular flexibility index (Phi) is 3.05. The zero-order valence-electron chi connectivity index (χ0n) is 11.7. The van der Waals surface area contributed by atoms with Gasteiger partial charge in [0.15, 0.2) is 0 Å². The van der Waals surface area contributed by atoms with Gasteiger partial charge in [-0.25, -0.2) is 5.43 Å². The van der Waals surface area contributed by atoms with E-state index < -0.39 is 0 Å². The van der Waals surface area contributed by atoms with Crippen molar-refractivity contribution in [3.8, 4) is 0 Å². The Morgan fingerprint density at radius 2 is 1.76 bits per heavy atom. The lowest BCUT2D eigenvalue weighted by Gasteiger charge is -2.18. The molecule has 0 aliphatic carbocycles. The van der Waals surface area contributed by atoms with E-state index in [0.717, 1.165) is 18.6 Å². The number of rotatable bonds is 2. The van der Waals surface area contributed by atoms with Crippen LogP contribution in [-0.2, 0) is 0 Å². The van der Waals surface area contributed by atoms with Gasteiger partial charge in [0.1, 0.15) is 0 Å². The fourth-order valence-electron chi connectivity index (χ4n) is 3.06. The molecule has 1 N–H and O–H groups in total. The van der Waals surface area contributed by atoms with Crippen LogP contribution < -0.4 is 10.4 Å². The molecule has 0 radical (unpaired) electrons. The number of para-hydroxylation sites is 2. The molecule has 1 atom stereocenters. The first-order chi connectivity index (χ1) is 10.4. The summed E-state index contributed by atoms with van der Waals surface area (Å²) >= 11 is 0. The topological polar surface area (TPSA) is 28.2 Å². The van der Waals surface area contributed by atoms with Crippen LogP contribution in [0.5, 0.6) is 0 Å². The number of fused-ring (bicyclic) bond motifs is 1. The molecule has 1 unspecified atom stereocenters. The zero-order valence-corrected chi connectivity index (χ0v) is 11.7. The van der Waals surface area contributed by atoms with Crippen molar-refractivity contribution in [2.75, 3.05) is 18.1 Å². The van der Waals surface area contributed by atoms with Gasteiger partial charge in [0, 0.05) is 30.6 Å². The summed E-state index contributed by atoms with van der Waals surface area (Å²) in [6.45, 7) is 1.95. The first-order valence-electron chi connectivity index (χ1n) is 7.31. The van der Waals surface area contributed by atoms with Gasteiger partial charge in [0.25, 0.3) is 0 Å². The van der Waals surface area contributed by atoms with Gasteiger partial charge < -0.3 is 5.01 Å². The van der Waals surface area contributed by atoms with Gasteiger partial charge in [-0.1, -0.05) is 36.4 Å². The van der Waals surface area contributed by atoms with E-state index in [1.54, 1.807) is 0 Å². The number of aromatic nitrogens is 1. The van der Waals surface area contributed by atoms with E-state index in [4.69, 9.17) is 0 Å². The first kappa shape index (κ1) is 12.4. The summed E-state index contributed by atoms with van der Waals surface area (Å²) in [5.41, 5.74) is 7.18. The Morgan fingerprint density at radius 1 is 0.952 bits per heavy atom. The highest BCUT2D eigenvalue weighted by Gasteiger charge is 2.25. The molecule has 21 heavy (non-hydrogen) atoms. The largest absolute Gasteiger partial charge is 0.308 e. The molecule has 0 saturated carbocycles. The summed E-state index contributed by atoms with van der Waals surface area (Å²) in [6.07, 6.45) is 1.92. The summed E-state index contributed by atoms with van der Waals surface area (Å²) in [6, 6.07) is 21.0. The number of benzene rings is 2. The molecule has 3 heteroatoms. The van der Waals surface area contributed by atoms with Gasteiger partial charge in [-0.2, -0.15) is 0 Å². The van der Waals surface area contributed by atoms with Crippen molar-refractivity contribution < 1.29 is 0 Å². The van der Waals surface area contributed by atoms with Crippen molar-refractivity contribution >= 4 is 16.6 Å².